The first-order valence-electron chi connectivity index (χ1n) is 7.03. The lowest BCUT2D eigenvalue weighted by molar-refractivity contribution is -0.141. The van der Waals surface area contributed by atoms with E-state index in [1.165, 1.54) is 6.42 Å². The lowest BCUT2D eigenvalue weighted by Gasteiger charge is -2.48. The van der Waals surface area contributed by atoms with Gasteiger partial charge in [-0.1, -0.05) is 13.8 Å². The fourth-order valence-corrected chi connectivity index (χ4v) is 3.37. The molecule has 0 aromatic rings. The molecule has 104 valence electrons. The van der Waals surface area contributed by atoms with Crippen molar-refractivity contribution in [2.75, 3.05) is 39.3 Å². The summed E-state index contributed by atoms with van der Waals surface area (Å²) in [6, 6.07) is 0.603. The number of carbonyl (C=O) groups is 1. The SMILES string of the molecule is CCN(CC)C1CCN(C2(CC(=O)O)CNC2)C1. The van der Waals surface area contributed by atoms with Crippen LogP contribution in [0.5, 0.6) is 0 Å². The van der Waals surface area contributed by atoms with Crippen molar-refractivity contribution in [2.24, 2.45) is 0 Å². The number of rotatable bonds is 6. The Morgan fingerprint density at radius 2 is 2.11 bits per heavy atom. The van der Waals surface area contributed by atoms with Gasteiger partial charge in [0.05, 0.1) is 12.0 Å². The van der Waals surface area contributed by atoms with E-state index in [9.17, 15) is 4.79 Å². The topological polar surface area (TPSA) is 55.8 Å². The van der Waals surface area contributed by atoms with Crippen molar-refractivity contribution in [3.05, 3.63) is 0 Å². The summed E-state index contributed by atoms with van der Waals surface area (Å²) in [4.78, 5) is 15.9. The third kappa shape index (κ3) is 2.53. The van der Waals surface area contributed by atoms with Crippen LogP contribution in [0.15, 0.2) is 0 Å². The van der Waals surface area contributed by atoms with Crippen LogP contribution in [-0.2, 0) is 4.79 Å². The second-order valence-corrected chi connectivity index (χ2v) is 5.51. The predicted molar refractivity (Wildman–Crippen MR) is 70.8 cm³/mol. The van der Waals surface area contributed by atoms with Gasteiger partial charge < -0.3 is 10.4 Å². The summed E-state index contributed by atoms with van der Waals surface area (Å²) < 4.78 is 0. The fourth-order valence-electron chi connectivity index (χ4n) is 3.37. The molecule has 2 aliphatic rings. The molecule has 2 aliphatic heterocycles. The highest BCUT2D eigenvalue weighted by Gasteiger charge is 2.47. The van der Waals surface area contributed by atoms with Crippen molar-refractivity contribution in [1.82, 2.24) is 15.1 Å². The average Bonchev–Trinajstić information content (AvgIpc) is 2.74. The molecule has 1 unspecified atom stereocenters. The Balaban J connectivity index is 1.96. The van der Waals surface area contributed by atoms with Crippen LogP contribution in [-0.4, -0.2) is 71.7 Å². The monoisotopic (exact) mass is 255 g/mol. The highest BCUT2D eigenvalue weighted by atomic mass is 16.4. The van der Waals surface area contributed by atoms with Gasteiger partial charge in [0.1, 0.15) is 0 Å². The molecular formula is C13H25N3O2. The maximum Gasteiger partial charge on any atom is 0.305 e. The Labute approximate surface area is 109 Å². The van der Waals surface area contributed by atoms with Crippen molar-refractivity contribution in [3.8, 4) is 0 Å². The van der Waals surface area contributed by atoms with Gasteiger partial charge >= 0.3 is 5.97 Å². The van der Waals surface area contributed by atoms with E-state index in [-0.39, 0.29) is 12.0 Å². The molecule has 2 rings (SSSR count). The zero-order valence-corrected chi connectivity index (χ0v) is 11.5. The van der Waals surface area contributed by atoms with Gasteiger partial charge in [-0.3, -0.25) is 14.6 Å². The third-order valence-electron chi connectivity index (χ3n) is 4.55. The first-order valence-corrected chi connectivity index (χ1v) is 7.03. The summed E-state index contributed by atoms with van der Waals surface area (Å²) in [7, 11) is 0. The molecule has 0 aliphatic carbocycles. The summed E-state index contributed by atoms with van der Waals surface area (Å²) in [5, 5.41) is 12.3. The van der Waals surface area contributed by atoms with E-state index in [2.05, 4.69) is 29.0 Å². The zero-order chi connectivity index (χ0) is 13.2. The van der Waals surface area contributed by atoms with Gasteiger partial charge in [0, 0.05) is 32.2 Å². The summed E-state index contributed by atoms with van der Waals surface area (Å²) >= 11 is 0. The number of nitrogens with zero attached hydrogens (tertiary/aromatic N) is 2. The molecule has 1 atom stereocenters. The largest absolute Gasteiger partial charge is 0.481 e. The molecule has 2 fully saturated rings. The van der Waals surface area contributed by atoms with Gasteiger partial charge in [-0.15, -0.1) is 0 Å². The molecule has 2 saturated heterocycles. The van der Waals surface area contributed by atoms with Crippen molar-refractivity contribution in [3.63, 3.8) is 0 Å². The minimum absolute atomic E-state index is 0.117. The second kappa shape index (κ2) is 5.55. The van der Waals surface area contributed by atoms with Crippen LogP contribution in [0.3, 0.4) is 0 Å². The van der Waals surface area contributed by atoms with Gasteiger partial charge in [-0.25, -0.2) is 0 Å². The van der Waals surface area contributed by atoms with Crippen molar-refractivity contribution >= 4 is 5.97 Å². The van der Waals surface area contributed by atoms with E-state index in [1.54, 1.807) is 0 Å². The van der Waals surface area contributed by atoms with Crippen LogP contribution in [0.4, 0.5) is 0 Å². The highest BCUT2D eigenvalue weighted by molar-refractivity contribution is 5.69. The normalized spacial score (nSPS) is 27.4. The molecule has 0 aromatic carbocycles. The van der Waals surface area contributed by atoms with Crippen molar-refractivity contribution < 1.29 is 9.90 Å². The smallest absolute Gasteiger partial charge is 0.305 e. The Bertz CT molecular complexity index is 301. The molecule has 0 aromatic heterocycles. The molecule has 0 bridgehead atoms. The second-order valence-electron chi connectivity index (χ2n) is 5.51. The number of likely N-dealkylation sites (tertiary alicyclic amines) is 1. The van der Waals surface area contributed by atoms with Gasteiger partial charge in [0.2, 0.25) is 0 Å². The molecule has 0 saturated carbocycles. The van der Waals surface area contributed by atoms with Crippen LogP contribution < -0.4 is 5.32 Å². The van der Waals surface area contributed by atoms with Crippen LogP contribution in [0.2, 0.25) is 0 Å². The van der Waals surface area contributed by atoms with E-state index in [0.29, 0.717) is 6.04 Å². The minimum Gasteiger partial charge on any atom is -0.481 e. The number of carboxylic acids is 1. The van der Waals surface area contributed by atoms with Gasteiger partial charge in [-0.05, 0) is 19.5 Å². The fraction of sp³-hybridized carbons (Fsp3) is 0.923. The molecule has 2 heterocycles. The summed E-state index contributed by atoms with van der Waals surface area (Å²) in [5.41, 5.74) is -0.117. The number of hydrogen-bond acceptors (Lipinski definition) is 4. The Morgan fingerprint density at radius 1 is 1.44 bits per heavy atom. The number of hydrogen-bond donors (Lipinski definition) is 2. The Hall–Kier alpha value is -0.650. The van der Waals surface area contributed by atoms with Crippen LogP contribution in [0.25, 0.3) is 0 Å². The molecule has 5 nitrogen and oxygen atoms in total. The summed E-state index contributed by atoms with van der Waals surface area (Å²) in [6.07, 6.45) is 1.44. The van der Waals surface area contributed by atoms with Gasteiger partial charge in [0.25, 0.3) is 0 Å². The van der Waals surface area contributed by atoms with Gasteiger partial charge in [-0.2, -0.15) is 0 Å². The maximum absolute atomic E-state index is 11.0. The summed E-state index contributed by atoms with van der Waals surface area (Å²) in [5.74, 6) is -0.678. The van der Waals surface area contributed by atoms with E-state index >= 15 is 0 Å². The first-order chi connectivity index (χ1) is 8.61. The number of aliphatic carboxylic acids is 1. The number of nitrogens with one attached hydrogen (secondary N) is 1. The highest BCUT2D eigenvalue weighted by Crippen LogP contribution is 2.30. The van der Waals surface area contributed by atoms with Crippen LogP contribution in [0.1, 0.15) is 26.7 Å². The van der Waals surface area contributed by atoms with E-state index in [4.69, 9.17) is 5.11 Å². The Kier molecular flexibility index (Phi) is 4.25. The summed E-state index contributed by atoms with van der Waals surface area (Å²) in [6.45, 7) is 10.3. The number of likely N-dealkylation sites (N-methyl/N-ethyl adjacent to an activating group) is 1. The quantitative estimate of drug-likeness (QED) is 0.711. The average molecular weight is 255 g/mol. The molecule has 0 radical (unpaired) electrons. The number of carboxylic acid groups (broad SMARTS) is 1. The molecule has 18 heavy (non-hydrogen) atoms. The molecule has 5 heteroatoms. The first kappa shape index (κ1) is 13.8. The van der Waals surface area contributed by atoms with E-state index < -0.39 is 5.97 Å². The van der Waals surface area contributed by atoms with E-state index in [0.717, 1.165) is 39.3 Å². The van der Waals surface area contributed by atoms with Gasteiger partial charge in [0.15, 0.2) is 0 Å². The lowest BCUT2D eigenvalue weighted by Crippen LogP contribution is -2.69. The molecule has 0 spiro atoms. The maximum atomic E-state index is 11.0. The third-order valence-corrected chi connectivity index (χ3v) is 4.55. The minimum atomic E-state index is -0.678. The Morgan fingerprint density at radius 3 is 2.56 bits per heavy atom. The van der Waals surface area contributed by atoms with E-state index in [1.807, 2.05) is 0 Å². The van der Waals surface area contributed by atoms with Crippen LogP contribution >= 0.6 is 0 Å². The van der Waals surface area contributed by atoms with Crippen molar-refractivity contribution in [2.45, 2.75) is 38.3 Å². The van der Waals surface area contributed by atoms with Crippen molar-refractivity contribution in [1.29, 1.82) is 0 Å². The lowest BCUT2D eigenvalue weighted by atomic mass is 9.86. The standard InChI is InChI=1S/C13H25N3O2/c1-3-15(4-2)11-5-6-16(8-11)13(7-12(17)18)9-14-10-13/h11,14H,3-10H2,1-2H3,(H,17,18). The predicted octanol–water partition coefficient (Wildman–Crippen LogP) is 0.219. The molecule has 2 N–H and O–H groups in total. The zero-order valence-electron chi connectivity index (χ0n) is 11.5. The van der Waals surface area contributed by atoms with Crippen LogP contribution in [0, 0.1) is 0 Å². The molecular weight excluding hydrogens is 230 g/mol. The molecule has 0 amide bonds.